The third-order valence-electron chi connectivity index (χ3n) is 3.69. The van der Waals surface area contributed by atoms with Crippen molar-refractivity contribution in [2.75, 3.05) is 25.0 Å². The molecule has 1 aliphatic heterocycles. The van der Waals surface area contributed by atoms with Crippen LogP contribution in [0.25, 0.3) is 0 Å². The average Bonchev–Trinajstić information content (AvgIpc) is 2.94. The number of para-hydroxylation sites is 1. The van der Waals surface area contributed by atoms with E-state index in [4.69, 9.17) is 4.74 Å². The minimum absolute atomic E-state index is 0. The van der Waals surface area contributed by atoms with E-state index in [-0.39, 0.29) is 24.4 Å². The number of benzene rings is 1. The Hall–Kier alpha value is -1.10. The van der Waals surface area contributed by atoms with Crippen molar-refractivity contribution in [3.8, 4) is 0 Å². The highest BCUT2D eigenvalue weighted by Crippen LogP contribution is 2.20. The first-order valence-corrected chi connectivity index (χ1v) is 7.41. The molecule has 1 aromatic rings. The Morgan fingerprint density at radius 1 is 1.43 bits per heavy atom. The van der Waals surface area contributed by atoms with Crippen LogP contribution in [0.3, 0.4) is 0 Å². The lowest BCUT2D eigenvalue weighted by atomic mass is 10.1. The van der Waals surface area contributed by atoms with E-state index < -0.39 is 0 Å². The number of amides is 1. The molecule has 0 spiro atoms. The Morgan fingerprint density at radius 2 is 2.24 bits per heavy atom. The van der Waals surface area contributed by atoms with Crippen LogP contribution < -0.4 is 10.6 Å². The van der Waals surface area contributed by atoms with Gasteiger partial charge in [0.2, 0.25) is 5.91 Å². The molecule has 0 radical (unpaired) electrons. The Morgan fingerprint density at radius 3 is 2.90 bits per heavy atom. The van der Waals surface area contributed by atoms with Crippen molar-refractivity contribution < 1.29 is 9.53 Å². The second kappa shape index (κ2) is 9.03. The summed E-state index contributed by atoms with van der Waals surface area (Å²) in [5.41, 5.74) is 3.24. The third kappa shape index (κ3) is 5.30. The lowest BCUT2D eigenvalue weighted by Crippen LogP contribution is -2.33. The molecule has 0 aliphatic carbocycles. The van der Waals surface area contributed by atoms with Gasteiger partial charge < -0.3 is 15.4 Å². The molecule has 1 unspecified atom stereocenters. The molecule has 1 fully saturated rings. The number of rotatable bonds is 6. The van der Waals surface area contributed by atoms with Gasteiger partial charge in [0, 0.05) is 18.8 Å². The molecule has 4 nitrogen and oxygen atoms in total. The Labute approximate surface area is 133 Å². The van der Waals surface area contributed by atoms with Gasteiger partial charge in [0.15, 0.2) is 0 Å². The van der Waals surface area contributed by atoms with E-state index in [1.54, 1.807) is 0 Å². The molecule has 0 saturated carbocycles. The van der Waals surface area contributed by atoms with E-state index in [9.17, 15) is 4.79 Å². The smallest absolute Gasteiger partial charge is 0.238 e. The maximum absolute atomic E-state index is 12.0. The van der Waals surface area contributed by atoms with E-state index >= 15 is 0 Å². The molecule has 5 heteroatoms. The SMILES string of the molecule is CCc1cccc(C)c1NC(=O)CNCC1CCCO1.Cl. The number of anilines is 1. The van der Waals surface area contributed by atoms with Gasteiger partial charge in [-0.2, -0.15) is 0 Å². The molecule has 2 N–H and O–H groups in total. The van der Waals surface area contributed by atoms with Crippen LogP contribution in [-0.2, 0) is 16.0 Å². The van der Waals surface area contributed by atoms with Crippen molar-refractivity contribution in [1.29, 1.82) is 0 Å². The summed E-state index contributed by atoms with van der Waals surface area (Å²) >= 11 is 0. The van der Waals surface area contributed by atoms with Crippen LogP contribution >= 0.6 is 12.4 Å². The number of hydrogen-bond acceptors (Lipinski definition) is 3. The predicted octanol–water partition coefficient (Wildman–Crippen LogP) is 2.69. The maximum atomic E-state index is 12.0. The Kier molecular flexibility index (Phi) is 7.72. The average molecular weight is 313 g/mol. The molecule has 1 aromatic carbocycles. The molecule has 1 aliphatic rings. The largest absolute Gasteiger partial charge is 0.377 e. The summed E-state index contributed by atoms with van der Waals surface area (Å²) < 4.78 is 5.51. The number of halogens is 1. The number of carbonyl (C=O) groups excluding carboxylic acids is 1. The summed E-state index contributed by atoms with van der Waals surface area (Å²) in [4.78, 5) is 12.0. The van der Waals surface area contributed by atoms with Gasteiger partial charge in [0.05, 0.1) is 12.6 Å². The van der Waals surface area contributed by atoms with E-state index in [2.05, 4.69) is 23.6 Å². The zero-order valence-electron chi connectivity index (χ0n) is 12.8. The highest BCUT2D eigenvalue weighted by molar-refractivity contribution is 5.93. The van der Waals surface area contributed by atoms with Crippen LogP contribution in [0.4, 0.5) is 5.69 Å². The van der Waals surface area contributed by atoms with Crippen LogP contribution in [0, 0.1) is 6.92 Å². The summed E-state index contributed by atoms with van der Waals surface area (Å²) in [6, 6.07) is 6.11. The first kappa shape index (κ1) is 18.0. The minimum Gasteiger partial charge on any atom is -0.377 e. The molecule has 2 rings (SSSR count). The molecule has 0 bridgehead atoms. The summed E-state index contributed by atoms with van der Waals surface area (Å²) in [7, 11) is 0. The fraction of sp³-hybridized carbons (Fsp3) is 0.562. The number of hydrogen-bond donors (Lipinski definition) is 2. The van der Waals surface area contributed by atoms with Crippen LogP contribution in [-0.4, -0.2) is 31.7 Å². The molecular formula is C16H25ClN2O2. The normalized spacial score (nSPS) is 17.3. The number of carbonyl (C=O) groups is 1. The van der Waals surface area contributed by atoms with Gasteiger partial charge in [-0.1, -0.05) is 25.1 Å². The highest BCUT2D eigenvalue weighted by atomic mass is 35.5. The van der Waals surface area contributed by atoms with Crippen LogP contribution in [0.15, 0.2) is 18.2 Å². The molecule has 1 atom stereocenters. The lowest BCUT2D eigenvalue weighted by molar-refractivity contribution is -0.115. The van der Waals surface area contributed by atoms with Gasteiger partial charge in [-0.05, 0) is 37.3 Å². The fourth-order valence-corrected chi connectivity index (χ4v) is 2.54. The van der Waals surface area contributed by atoms with Crippen molar-refractivity contribution in [3.05, 3.63) is 29.3 Å². The summed E-state index contributed by atoms with van der Waals surface area (Å²) in [5, 5.41) is 6.18. The van der Waals surface area contributed by atoms with Gasteiger partial charge in [-0.3, -0.25) is 4.79 Å². The van der Waals surface area contributed by atoms with E-state index in [0.717, 1.165) is 43.7 Å². The van der Waals surface area contributed by atoms with Crippen molar-refractivity contribution in [2.24, 2.45) is 0 Å². The fourth-order valence-electron chi connectivity index (χ4n) is 2.54. The standard InChI is InChI=1S/C16H24N2O2.ClH/c1-3-13-7-4-6-12(2)16(13)18-15(19)11-17-10-14-8-5-9-20-14;/h4,6-7,14,17H,3,5,8-11H2,1-2H3,(H,18,19);1H. The number of aryl methyl sites for hydroxylation is 2. The van der Waals surface area contributed by atoms with Crippen molar-refractivity contribution in [3.63, 3.8) is 0 Å². The molecule has 1 saturated heterocycles. The third-order valence-corrected chi connectivity index (χ3v) is 3.69. The van der Waals surface area contributed by atoms with Crippen molar-refractivity contribution in [2.45, 2.75) is 39.2 Å². The van der Waals surface area contributed by atoms with E-state index in [1.807, 2.05) is 19.1 Å². The van der Waals surface area contributed by atoms with Crippen molar-refractivity contribution >= 4 is 24.0 Å². The Balaban J connectivity index is 0.00000220. The predicted molar refractivity (Wildman–Crippen MR) is 88.3 cm³/mol. The first-order valence-electron chi connectivity index (χ1n) is 7.41. The lowest BCUT2D eigenvalue weighted by Gasteiger charge is -2.14. The zero-order chi connectivity index (χ0) is 14.4. The zero-order valence-corrected chi connectivity index (χ0v) is 13.6. The van der Waals surface area contributed by atoms with Crippen LogP contribution in [0.2, 0.25) is 0 Å². The molecule has 1 amide bonds. The van der Waals surface area contributed by atoms with Crippen LogP contribution in [0.5, 0.6) is 0 Å². The van der Waals surface area contributed by atoms with Gasteiger partial charge in [-0.25, -0.2) is 0 Å². The summed E-state index contributed by atoms with van der Waals surface area (Å²) in [5.74, 6) is 0.00648. The minimum atomic E-state index is 0. The Bertz CT molecular complexity index is 460. The molecular weight excluding hydrogens is 288 g/mol. The molecule has 0 aromatic heterocycles. The second-order valence-electron chi connectivity index (χ2n) is 5.28. The van der Waals surface area contributed by atoms with E-state index in [1.165, 1.54) is 5.56 Å². The maximum Gasteiger partial charge on any atom is 0.238 e. The van der Waals surface area contributed by atoms with Gasteiger partial charge in [-0.15, -0.1) is 12.4 Å². The highest BCUT2D eigenvalue weighted by Gasteiger charge is 2.15. The van der Waals surface area contributed by atoms with Gasteiger partial charge >= 0.3 is 0 Å². The van der Waals surface area contributed by atoms with Gasteiger partial charge in [0.1, 0.15) is 0 Å². The number of ether oxygens (including phenoxy) is 1. The second-order valence-corrected chi connectivity index (χ2v) is 5.28. The first-order chi connectivity index (χ1) is 9.70. The van der Waals surface area contributed by atoms with Gasteiger partial charge in [0.25, 0.3) is 0 Å². The van der Waals surface area contributed by atoms with Crippen LogP contribution in [0.1, 0.15) is 30.9 Å². The summed E-state index contributed by atoms with van der Waals surface area (Å²) in [6.07, 6.45) is 3.40. The molecule has 21 heavy (non-hydrogen) atoms. The quantitative estimate of drug-likeness (QED) is 0.849. The van der Waals surface area contributed by atoms with Crippen molar-refractivity contribution in [1.82, 2.24) is 5.32 Å². The molecule has 118 valence electrons. The topological polar surface area (TPSA) is 50.4 Å². The van der Waals surface area contributed by atoms with E-state index in [0.29, 0.717) is 6.54 Å². The molecule has 1 heterocycles. The monoisotopic (exact) mass is 312 g/mol. The number of nitrogens with one attached hydrogen (secondary N) is 2. The summed E-state index contributed by atoms with van der Waals surface area (Å²) in [6.45, 7) is 6.05.